The molecule has 3 aromatic carbocycles. The third kappa shape index (κ3) is 5.02. The van der Waals surface area contributed by atoms with Gasteiger partial charge in [0.1, 0.15) is 17.3 Å². The van der Waals surface area contributed by atoms with Crippen molar-refractivity contribution in [2.45, 2.75) is 26.7 Å². The van der Waals surface area contributed by atoms with Crippen molar-refractivity contribution in [2.24, 2.45) is 0 Å². The predicted molar refractivity (Wildman–Crippen MR) is 142 cm³/mol. The van der Waals surface area contributed by atoms with Crippen molar-refractivity contribution in [3.8, 4) is 27.7 Å². The van der Waals surface area contributed by atoms with E-state index in [9.17, 15) is 4.39 Å². The molecule has 2 aromatic heterocycles. The molecule has 0 saturated heterocycles. The number of rotatable bonds is 8. The van der Waals surface area contributed by atoms with Gasteiger partial charge in [-0.3, -0.25) is 0 Å². The van der Waals surface area contributed by atoms with Gasteiger partial charge in [0, 0.05) is 22.6 Å². The van der Waals surface area contributed by atoms with Gasteiger partial charge in [0.05, 0.1) is 12.0 Å². The van der Waals surface area contributed by atoms with Gasteiger partial charge in [-0.2, -0.15) is 0 Å². The summed E-state index contributed by atoms with van der Waals surface area (Å²) in [6, 6.07) is 18.5. The normalized spacial score (nSPS) is 11.4. The van der Waals surface area contributed by atoms with E-state index < -0.39 is 0 Å². The Kier molecular flexibility index (Phi) is 6.82. The summed E-state index contributed by atoms with van der Waals surface area (Å²) in [5, 5.41) is 9.06. The highest BCUT2D eigenvalue weighted by Gasteiger charge is 2.19. The Labute approximate surface area is 212 Å². The van der Waals surface area contributed by atoms with E-state index in [0.29, 0.717) is 17.5 Å². The second kappa shape index (κ2) is 10.3. The lowest BCUT2D eigenvalue weighted by atomic mass is 10.1. The van der Waals surface area contributed by atoms with Crippen LogP contribution < -0.4 is 9.47 Å². The summed E-state index contributed by atoms with van der Waals surface area (Å²) in [5.41, 5.74) is 2.77. The van der Waals surface area contributed by atoms with Gasteiger partial charge >= 0.3 is 0 Å². The quantitative estimate of drug-likeness (QED) is 0.214. The number of ether oxygens (including phenoxy) is 2. The fourth-order valence-corrected chi connectivity index (χ4v) is 5.17. The van der Waals surface area contributed by atoms with Gasteiger partial charge in [0.25, 0.3) is 0 Å². The average Bonchev–Trinajstić information content (AvgIpc) is 3.48. The van der Waals surface area contributed by atoms with Crippen LogP contribution in [0.25, 0.3) is 32.7 Å². The fourth-order valence-electron chi connectivity index (χ4n) is 3.92. The first-order chi connectivity index (χ1) is 17.5. The lowest BCUT2D eigenvalue weighted by molar-refractivity contribution is 0.415. The fraction of sp³-hybridized carbons (Fsp3) is 0.172. The summed E-state index contributed by atoms with van der Waals surface area (Å²) in [6.45, 7) is 3.98. The lowest BCUT2D eigenvalue weighted by Crippen LogP contribution is -1.88. The van der Waals surface area contributed by atoms with Gasteiger partial charge in [0.15, 0.2) is 5.75 Å². The third-order valence-electron chi connectivity index (χ3n) is 5.75. The van der Waals surface area contributed by atoms with E-state index in [-0.39, 0.29) is 5.82 Å². The molecule has 0 unspecified atom stereocenters. The molecule has 2 heterocycles. The number of thiophene rings is 1. The van der Waals surface area contributed by atoms with E-state index >= 15 is 0 Å². The lowest BCUT2D eigenvalue weighted by Gasteiger charge is -2.10. The Morgan fingerprint density at radius 1 is 0.972 bits per heavy atom. The van der Waals surface area contributed by atoms with E-state index in [2.05, 4.69) is 17.1 Å². The molecule has 0 atom stereocenters. The highest BCUT2D eigenvalue weighted by molar-refractivity contribution is 7.22. The second-order valence-corrected chi connectivity index (χ2v) is 9.42. The van der Waals surface area contributed by atoms with Crippen LogP contribution in [0.2, 0.25) is 0 Å². The first kappa shape index (κ1) is 23.8. The third-order valence-corrected chi connectivity index (χ3v) is 6.92. The molecule has 0 spiro atoms. The number of hydrogen-bond acceptors (Lipinski definition) is 6. The largest absolute Gasteiger partial charge is 0.497 e. The van der Waals surface area contributed by atoms with Crippen LogP contribution in [-0.2, 0) is 6.42 Å². The maximum atomic E-state index is 13.8. The van der Waals surface area contributed by atoms with Crippen LogP contribution >= 0.6 is 11.3 Å². The Morgan fingerprint density at radius 3 is 2.53 bits per heavy atom. The summed E-state index contributed by atoms with van der Waals surface area (Å²) >= 11 is 1.60. The number of halogens is 1. The molecule has 5 nitrogen and oxygen atoms in total. The number of nitrogens with zero attached hydrogens (tertiary/aromatic N) is 2. The molecule has 5 rings (SSSR count). The summed E-state index contributed by atoms with van der Waals surface area (Å²) in [7, 11) is 1.65. The van der Waals surface area contributed by atoms with Crippen LogP contribution in [0.4, 0.5) is 4.39 Å². The maximum absolute atomic E-state index is 13.8. The highest BCUT2D eigenvalue weighted by Crippen LogP contribution is 2.48. The standard InChI is InChI=1S/C29H25FN2O3S/c1-4-5-26-31-32-27(35-26)15-8-19-6-10-21(11-7-19)34-28-24-14-12-22(33-3)17-25(24)36-29(28)23-13-9-20(30)16-18(23)2/h6-17H,4-5H2,1-3H3. The van der Waals surface area contributed by atoms with Crippen molar-refractivity contribution in [3.05, 3.63) is 89.4 Å². The van der Waals surface area contributed by atoms with Crippen LogP contribution in [0.15, 0.2) is 65.1 Å². The monoisotopic (exact) mass is 500 g/mol. The van der Waals surface area contributed by atoms with Gasteiger partial charge in [0.2, 0.25) is 11.8 Å². The molecule has 0 aliphatic carbocycles. The first-order valence-electron chi connectivity index (χ1n) is 11.7. The smallest absolute Gasteiger partial charge is 0.240 e. The molecule has 0 radical (unpaired) electrons. The van der Waals surface area contributed by atoms with Gasteiger partial charge in [-0.1, -0.05) is 25.1 Å². The first-order valence-corrected chi connectivity index (χ1v) is 12.5. The minimum absolute atomic E-state index is 0.257. The molecule has 7 heteroatoms. The van der Waals surface area contributed by atoms with Crippen LogP contribution in [0.1, 0.15) is 36.3 Å². The van der Waals surface area contributed by atoms with Gasteiger partial charge < -0.3 is 13.9 Å². The van der Waals surface area contributed by atoms with E-state index in [1.165, 1.54) is 6.07 Å². The molecule has 0 saturated carbocycles. The zero-order valence-corrected chi connectivity index (χ0v) is 21.1. The molecule has 0 fully saturated rings. The average molecular weight is 501 g/mol. The summed E-state index contributed by atoms with van der Waals surface area (Å²) in [4.78, 5) is 0.944. The highest BCUT2D eigenvalue weighted by atomic mass is 32.1. The minimum atomic E-state index is -0.257. The number of aryl methyl sites for hydroxylation is 2. The Hall–Kier alpha value is -3.97. The molecule has 182 valence electrons. The van der Waals surface area contributed by atoms with Crippen LogP contribution in [0.3, 0.4) is 0 Å². The van der Waals surface area contributed by atoms with Crippen molar-refractivity contribution in [2.75, 3.05) is 7.11 Å². The molecular formula is C29H25FN2O3S. The van der Waals surface area contributed by atoms with Crippen LogP contribution in [-0.4, -0.2) is 17.3 Å². The molecule has 5 aromatic rings. The molecule has 0 amide bonds. The van der Waals surface area contributed by atoms with Crippen LogP contribution in [0, 0.1) is 12.7 Å². The van der Waals surface area contributed by atoms with E-state index in [0.717, 1.165) is 56.0 Å². The Balaban J connectivity index is 1.45. The molecular weight excluding hydrogens is 475 g/mol. The summed E-state index contributed by atoms with van der Waals surface area (Å²) in [6.07, 6.45) is 5.46. The number of fused-ring (bicyclic) bond motifs is 1. The van der Waals surface area contributed by atoms with Crippen molar-refractivity contribution in [1.29, 1.82) is 0 Å². The molecule has 0 bridgehead atoms. The molecule has 0 aliphatic rings. The van der Waals surface area contributed by atoms with Crippen LogP contribution in [0.5, 0.6) is 17.2 Å². The molecule has 0 aliphatic heterocycles. The molecule has 0 N–H and O–H groups in total. The van der Waals surface area contributed by atoms with Gasteiger partial charge in [-0.15, -0.1) is 21.5 Å². The summed E-state index contributed by atoms with van der Waals surface area (Å²) < 4.78 is 32.3. The van der Waals surface area contributed by atoms with E-state index in [1.54, 1.807) is 36.7 Å². The van der Waals surface area contributed by atoms with Gasteiger partial charge in [-0.25, -0.2) is 4.39 Å². The zero-order valence-electron chi connectivity index (χ0n) is 20.2. The maximum Gasteiger partial charge on any atom is 0.240 e. The van der Waals surface area contributed by atoms with E-state index in [4.69, 9.17) is 13.9 Å². The number of benzene rings is 3. The van der Waals surface area contributed by atoms with Crippen molar-refractivity contribution < 1.29 is 18.3 Å². The topological polar surface area (TPSA) is 57.4 Å². The van der Waals surface area contributed by atoms with Crippen molar-refractivity contribution >= 4 is 33.6 Å². The number of aromatic nitrogens is 2. The molecule has 36 heavy (non-hydrogen) atoms. The summed E-state index contributed by atoms with van der Waals surface area (Å²) in [5.74, 6) is 3.09. The van der Waals surface area contributed by atoms with Crippen molar-refractivity contribution in [3.63, 3.8) is 0 Å². The number of methoxy groups -OCH3 is 1. The minimum Gasteiger partial charge on any atom is -0.497 e. The van der Waals surface area contributed by atoms with Gasteiger partial charge in [-0.05, 0) is 78.6 Å². The Bertz CT molecular complexity index is 1540. The Morgan fingerprint density at radius 2 is 1.78 bits per heavy atom. The zero-order chi connectivity index (χ0) is 25.1. The van der Waals surface area contributed by atoms with E-state index in [1.807, 2.05) is 55.5 Å². The van der Waals surface area contributed by atoms with Crippen molar-refractivity contribution in [1.82, 2.24) is 10.2 Å². The number of hydrogen-bond donors (Lipinski definition) is 0. The predicted octanol–water partition coefficient (Wildman–Crippen LogP) is 8.32. The second-order valence-electron chi connectivity index (χ2n) is 8.37. The SMILES string of the molecule is CCCc1nnc(C=Cc2ccc(Oc3c(-c4ccc(F)cc4C)sc4cc(OC)ccc34)cc2)o1.